The second-order valence-corrected chi connectivity index (χ2v) is 5.49. The van der Waals surface area contributed by atoms with E-state index in [1.165, 1.54) is 5.56 Å². The third-order valence-corrected chi connectivity index (χ3v) is 2.23. The number of hydrogen-bond acceptors (Lipinski definition) is 2. The Kier molecular flexibility index (Phi) is 4.92. The SMILES string of the molecule is Cc1ccc(NC(N)=NCC(=O)NC(C)(C)C)cc1. The molecule has 0 aliphatic carbocycles. The van der Waals surface area contributed by atoms with Gasteiger partial charge in [0.25, 0.3) is 0 Å². The zero-order valence-electron chi connectivity index (χ0n) is 11.9. The number of aliphatic imine (C=N–C) groups is 1. The zero-order chi connectivity index (χ0) is 14.5. The summed E-state index contributed by atoms with van der Waals surface area (Å²) in [5, 5.41) is 5.75. The number of hydrogen-bond donors (Lipinski definition) is 3. The normalized spacial score (nSPS) is 12.1. The van der Waals surface area contributed by atoms with Gasteiger partial charge in [-0.2, -0.15) is 0 Å². The molecule has 4 N–H and O–H groups in total. The van der Waals surface area contributed by atoms with Gasteiger partial charge >= 0.3 is 0 Å². The summed E-state index contributed by atoms with van der Waals surface area (Å²) < 4.78 is 0. The molecule has 1 amide bonds. The van der Waals surface area contributed by atoms with E-state index in [2.05, 4.69) is 15.6 Å². The van der Waals surface area contributed by atoms with E-state index >= 15 is 0 Å². The number of nitrogens with zero attached hydrogens (tertiary/aromatic N) is 1. The van der Waals surface area contributed by atoms with Gasteiger partial charge in [0.15, 0.2) is 5.96 Å². The Bertz CT molecular complexity index is 457. The van der Waals surface area contributed by atoms with Crippen LogP contribution in [0.25, 0.3) is 0 Å². The van der Waals surface area contributed by atoms with Crippen LogP contribution in [0.3, 0.4) is 0 Å². The number of rotatable bonds is 3. The summed E-state index contributed by atoms with van der Waals surface area (Å²) in [6.07, 6.45) is 0. The van der Waals surface area contributed by atoms with Crippen LogP contribution in [0.15, 0.2) is 29.3 Å². The Morgan fingerprint density at radius 1 is 1.26 bits per heavy atom. The summed E-state index contributed by atoms with van der Waals surface area (Å²) in [4.78, 5) is 15.6. The van der Waals surface area contributed by atoms with Gasteiger partial charge < -0.3 is 16.4 Å². The maximum Gasteiger partial charge on any atom is 0.242 e. The van der Waals surface area contributed by atoms with E-state index in [4.69, 9.17) is 5.73 Å². The number of guanidine groups is 1. The Balaban J connectivity index is 2.49. The molecule has 19 heavy (non-hydrogen) atoms. The average molecular weight is 262 g/mol. The molecule has 0 spiro atoms. The second kappa shape index (κ2) is 6.22. The summed E-state index contributed by atoms with van der Waals surface area (Å²) in [7, 11) is 0. The van der Waals surface area contributed by atoms with Crippen molar-refractivity contribution >= 4 is 17.6 Å². The van der Waals surface area contributed by atoms with Crippen LogP contribution >= 0.6 is 0 Å². The molecule has 1 aromatic carbocycles. The molecule has 0 aliphatic heterocycles. The highest BCUT2D eigenvalue weighted by molar-refractivity contribution is 5.93. The minimum atomic E-state index is -0.258. The first-order chi connectivity index (χ1) is 8.76. The maximum atomic E-state index is 11.6. The molecule has 5 heteroatoms. The maximum absolute atomic E-state index is 11.6. The van der Waals surface area contributed by atoms with Crippen LogP contribution in [0.2, 0.25) is 0 Å². The van der Waals surface area contributed by atoms with Crippen LogP contribution in [-0.2, 0) is 4.79 Å². The largest absolute Gasteiger partial charge is 0.370 e. The van der Waals surface area contributed by atoms with Crippen LogP contribution in [0.4, 0.5) is 5.69 Å². The van der Waals surface area contributed by atoms with Gasteiger partial charge in [0.2, 0.25) is 5.91 Å². The first-order valence-corrected chi connectivity index (χ1v) is 6.21. The first kappa shape index (κ1) is 15.0. The molecule has 0 radical (unpaired) electrons. The Hall–Kier alpha value is -2.04. The number of nitrogens with two attached hydrogens (primary N) is 1. The van der Waals surface area contributed by atoms with Crippen molar-refractivity contribution in [1.29, 1.82) is 0 Å². The van der Waals surface area contributed by atoms with Crippen molar-refractivity contribution in [1.82, 2.24) is 5.32 Å². The molecule has 104 valence electrons. The Morgan fingerprint density at radius 3 is 2.37 bits per heavy atom. The quantitative estimate of drug-likeness (QED) is 0.572. The fourth-order valence-electron chi connectivity index (χ4n) is 1.44. The summed E-state index contributed by atoms with van der Waals surface area (Å²) in [5.41, 5.74) is 7.48. The summed E-state index contributed by atoms with van der Waals surface area (Å²) in [5.74, 6) is 0.0778. The molecule has 1 aromatic rings. The first-order valence-electron chi connectivity index (χ1n) is 6.21. The number of carbonyl (C=O) groups is 1. The molecule has 0 aromatic heterocycles. The van der Waals surface area contributed by atoms with Crippen LogP contribution < -0.4 is 16.4 Å². The van der Waals surface area contributed by atoms with Gasteiger partial charge in [-0.15, -0.1) is 0 Å². The topological polar surface area (TPSA) is 79.5 Å². The van der Waals surface area contributed by atoms with Gasteiger partial charge in [-0.05, 0) is 39.8 Å². The minimum absolute atomic E-state index is 0.0158. The van der Waals surface area contributed by atoms with Gasteiger partial charge in [-0.3, -0.25) is 4.79 Å². The predicted octanol–water partition coefficient (Wildman–Crippen LogP) is 1.64. The van der Waals surface area contributed by atoms with Crippen LogP contribution in [0, 0.1) is 6.92 Å². The van der Waals surface area contributed by atoms with Crippen molar-refractivity contribution in [3.63, 3.8) is 0 Å². The van der Waals surface area contributed by atoms with Crippen LogP contribution in [0.1, 0.15) is 26.3 Å². The van der Waals surface area contributed by atoms with E-state index in [9.17, 15) is 4.79 Å². The third kappa shape index (κ3) is 6.45. The lowest BCUT2D eigenvalue weighted by molar-refractivity contribution is -0.121. The smallest absolute Gasteiger partial charge is 0.242 e. The van der Waals surface area contributed by atoms with Gasteiger partial charge in [0.1, 0.15) is 6.54 Å². The fraction of sp³-hybridized carbons (Fsp3) is 0.429. The number of nitrogens with one attached hydrogen (secondary N) is 2. The highest BCUT2D eigenvalue weighted by Crippen LogP contribution is 2.07. The van der Waals surface area contributed by atoms with Crippen molar-refractivity contribution in [3.8, 4) is 0 Å². The zero-order valence-corrected chi connectivity index (χ0v) is 11.9. The molecule has 0 bridgehead atoms. The average Bonchev–Trinajstić information content (AvgIpc) is 2.27. The Morgan fingerprint density at radius 2 is 1.84 bits per heavy atom. The van der Waals surface area contributed by atoms with Gasteiger partial charge in [0, 0.05) is 11.2 Å². The summed E-state index contributed by atoms with van der Waals surface area (Å²) in [6.45, 7) is 7.79. The standard InChI is InChI=1S/C14H22N4O/c1-10-5-7-11(8-6-10)17-13(15)16-9-12(19)18-14(2,3)4/h5-8H,9H2,1-4H3,(H,18,19)(H3,15,16,17). The molecule has 0 saturated carbocycles. The molecule has 5 nitrogen and oxygen atoms in total. The lowest BCUT2D eigenvalue weighted by Crippen LogP contribution is -2.42. The number of carbonyl (C=O) groups excluding carboxylic acids is 1. The van der Waals surface area contributed by atoms with Gasteiger partial charge in [-0.1, -0.05) is 17.7 Å². The third-order valence-electron chi connectivity index (χ3n) is 2.23. The number of benzene rings is 1. The fourth-order valence-corrected chi connectivity index (χ4v) is 1.44. The van der Waals surface area contributed by atoms with Crippen LogP contribution in [-0.4, -0.2) is 24.0 Å². The molecular weight excluding hydrogens is 240 g/mol. The molecular formula is C14H22N4O. The van der Waals surface area contributed by atoms with Crippen LogP contribution in [0.5, 0.6) is 0 Å². The number of anilines is 1. The molecule has 0 heterocycles. The van der Waals surface area contributed by atoms with Gasteiger partial charge in [-0.25, -0.2) is 4.99 Å². The molecule has 0 unspecified atom stereocenters. The van der Waals surface area contributed by atoms with E-state index in [0.29, 0.717) is 0 Å². The Labute approximate surface area is 114 Å². The van der Waals surface area contributed by atoms with E-state index in [1.807, 2.05) is 52.0 Å². The molecule has 0 aliphatic rings. The monoisotopic (exact) mass is 262 g/mol. The lowest BCUT2D eigenvalue weighted by atomic mass is 10.1. The number of aryl methyl sites for hydroxylation is 1. The van der Waals surface area contributed by atoms with Crippen molar-refractivity contribution < 1.29 is 4.79 Å². The molecule has 0 saturated heterocycles. The highest BCUT2D eigenvalue weighted by Gasteiger charge is 2.12. The predicted molar refractivity (Wildman–Crippen MR) is 79.2 cm³/mol. The van der Waals surface area contributed by atoms with E-state index in [0.717, 1.165) is 5.69 Å². The molecule has 0 fully saturated rings. The van der Waals surface area contributed by atoms with Crippen molar-refractivity contribution in [3.05, 3.63) is 29.8 Å². The highest BCUT2D eigenvalue weighted by atomic mass is 16.2. The molecule has 1 rings (SSSR count). The van der Waals surface area contributed by atoms with Crippen molar-refractivity contribution in [2.75, 3.05) is 11.9 Å². The van der Waals surface area contributed by atoms with Crippen molar-refractivity contribution in [2.45, 2.75) is 33.2 Å². The van der Waals surface area contributed by atoms with E-state index in [1.54, 1.807) is 0 Å². The van der Waals surface area contributed by atoms with E-state index < -0.39 is 0 Å². The molecule has 0 atom stereocenters. The minimum Gasteiger partial charge on any atom is -0.370 e. The lowest BCUT2D eigenvalue weighted by Gasteiger charge is -2.19. The van der Waals surface area contributed by atoms with E-state index in [-0.39, 0.29) is 24.0 Å². The summed E-state index contributed by atoms with van der Waals surface area (Å²) >= 11 is 0. The summed E-state index contributed by atoms with van der Waals surface area (Å²) in [6, 6.07) is 7.77. The second-order valence-electron chi connectivity index (χ2n) is 5.49. The number of amides is 1. The van der Waals surface area contributed by atoms with Crippen molar-refractivity contribution in [2.24, 2.45) is 10.7 Å². The van der Waals surface area contributed by atoms with Gasteiger partial charge in [0.05, 0.1) is 0 Å².